The summed E-state index contributed by atoms with van der Waals surface area (Å²) in [6.45, 7) is 18.8. The van der Waals surface area contributed by atoms with Crippen LogP contribution in [-0.4, -0.2) is 109 Å². The van der Waals surface area contributed by atoms with Crippen molar-refractivity contribution < 1.29 is 23.9 Å². The van der Waals surface area contributed by atoms with Gasteiger partial charge >= 0.3 is 0 Å². The number of aryl methyl sites for hydroxylation is 8. The van der Waals surface area contributed by atoms with Gasteiger partial charge in [0.1, 0.15) is 0 Å². The van der Waals surface area contributed by atoms with Crippen LogP contribution >= 0.6 is 92.8 Å². The van der Waals surface area contributed by atoms with E-state index in [1.807, 2.05) is 119 Å². The SMILES string of the molecule is CCC1CCN(C(=O)c2ccc(Cl)c(Cc3cc4c(C)cc(C#N)cc4n3C)c2Cl)C1.COC1CN(C(=O)c2ccc(Cl)c(Cc3cc4c(C)cc(C#N)cc4n3C)c2Cl)C1.Cc1cc(C#N)cc2c1cc(Cc1c(Cl)ccc(C(=O)CC3CCC(C)CC3)c1Cl)n2C.Cc1cc(C#N)cc2c1cc(Cc1c(Cl)ccc(C(=O)N3CC(C)C3)c1Cl)n2C. The summed E-state index contributed by atoms with van der Waals surface area (Å²) in [5.41, 5.74) is 19.8. The Morgan fingerprint density at radius 3 is 0.984 bits per heavy atom. The smallest absolute Gasteiger partial charge is 0.255 e. The molecule has 3 saturated heterocycles. The van der Waals surface area contributed by atoms with Gasteiger partial charge in [0.25, 0.3) is 17.7 Å². The number of nitriles is 4. The highest BCUT2D eigenvalue weighted by Crippen LogP contribution is 2.41. The van der Waals surface area contributed by atoms with Gasteiger partial charge in [0.05, 0.1) is 89.4 Å². The van der Waals surface area contributed by atoms with Crippen molar-refractivity contribution in [1.29, 1.82) is 21.0 Å². The van der Waals surface area contributed by atoms with E-state index >= 15 is 0 Å². The lowest BCUT2D eigenvalue weighted by molar-refractivity contribution is -0.0191. The molecule has 0 spiro atoms. The minimum absolute atomic E-state index is 0.0228. The summed E-state index contributed by atoms with van der Waals surface area (Å²) in [5, 5.41) is 45.4. The van der Waals surface area contributed by atoms with Crippen molar-refractivity contribution in [1.82, 2.24) is 33.0 Å². The fourth-order valence-corrected chi connectivity index (χ4v) is 19.8. The molecule has 4 fully saturated rings. The van der Waals surface area contributed by atoms with E-state index in [1.165, 1.54) is 12.8 Å². The Morgan fingerprint density at radius 1 is 0.385 bits per heavy atom. The number of methoxy groups -OCH3 is 1. The van der Waals surface area contributed by atoms with Crippen LogP contribution < -0.4 is 0 Å². The molecule has 7 heterocycles. The zero-order chi connectivity index (χ0) is 87.7. The first-order valence-corrected chi connectivity index (χ1v) is 44.1. The van der Waals surface area contributed by atoms with E-state index < -0.39 is 0 Å². The summed E-state index contributed by atoms with van der Waals surface area (Å²) < 4.78 is 13.5. The third kappa shape index (κ3) is 18.7. The molecular weight excluding hydrogens is 1690 g/mol. The third-order valence-electron chi connectivity index (χ3n) is 25.1. The number of rotatable bonds is 16. The number of ketones is 1. The Labute approximate surface area is 753 Å². The van der Waals surface area contributed by atoms with Gasteiger partial charge in [-0.15, -0.1) is 0 Å². The number of carbonyl (C=O) groups excluding carboxylic acids is 4. The van der Waals surface area contributed by atoms with E-state index in [4.69, 9.17) is 97.5 Å². The van der Waals surface area contributed by atoms with E-state index in [9.17, 15) is 40.2 Å². The van der Waals surface area contributed by atoms with E-state index in [1.54, 1.807) is 60.5 Å². The molecule has 0 N–H and O–H groups in total. The molecule has 1 unspecified atom stereocenters. The number of amides is 3. The van der Waals surface area contributed by atoms with Crippen molar-refractivity contribution in [2.45, 2.75) is 125 Å². The first-order chi connectivity index (χ1) is 58.2. The minimum atomic E-state index is -0.113. The number of benzene rings is 8. The zero-order valence-electron chi connectivity index (χ0n) is 70.4. The molecule has 16 rings (SSSR count). The lowest BCUT2D eigenvalue weighted by atomic mass is 9.80. The molecule has 16 nitrogen and oxygen atoms in total. The van der Waals surface area contributed by atoms with Crippen LogP contribution in [-0.2, 0) is 58.6 Å². The molecule has 0 radical (unpaired) electrons. The molecular formula is C98H95Cl8N11O5. The van der Waals surface area contributed by atoms with Gasteiger partial charge in [-0.3, -0.25) is 19.2 Å². The van der Waals surface area contributed by atoms with Crippen molar-refractivity contribution in [2.75, 3.05) is 46.4 Å². The highest BCUT2D eigenvalue weighted by molar-refractivity contribution is 6.40. The van der Waals surface area contributed by atoms with Gasteiger partial charge in [-0.1, -0.05) is 133 Å². The monoisotopic (exact) mass is 1790 g/mol. The predicted octanol–water partition coefficient (Wildman–Crippen LogP) is 23.9. The maximum absolute atomic E-state index is 13.1. The van der Waals surface area contributed by atoms with Crippen LogP contribution in [0.3, 0.4) is 0 Å². The van der Waals surface area contributed by atoms with Crippen molar-refractivity contribution in [3.8, 4) is 24.3 Å². The average Bonchev–Trinajstić information content (AvgIpc) is 1.72. The largest absolute Gasteiger partial charge is 0.378 e. The van der Waals surface area contributed by atoms with Crippen LogP contribution in [0.2, 0.25) is 40.2 Å². The van der Waals surface area contributed by atoms with Crippen LogP contribution in [0.15, 0.2) is 121 Å². The molecule has 24 heteroatoms. The quantitative estimate of drug-likeness (QED) is 0.0843. The van der Waals surface area contributed by atoms with Crippen molar-refractivity contribution >= 4 is 160 Å². The van der Waals surface area contributed by atoms with Gasteiger partial charge < -0.3 is 37.7 Å². The molecule has 628 valence electrons. The second kappa shape index (κ2) is 38.2. The van der Waals surface area contributed by atoms with Crippen molar-refractivity contribution in [3.63, 3.8) is 0 Å². The molecule has 0 bridgehead atoms. The number of ether oxygens (including phenoxy) is 1. The zero-order valence-corrected chi connectivity index (χ0v) is 76.5. The molecule has 3 amide bonds. The van der Waals surface area contributed by atoms with Crippen molar-refractivity contribution in [2.24, 2.45) is 51.9 Å². The summed E-state index contributed by atoms with van der Waals surface area (Å²) in [4.78, 5) is 57.3. The number of nitrogens with zero attached hydrogens (tertiary/aromatic N) is 11. The molecule has 1 atom stereocenters. The molecule has 4 aliphatic rings. The Balaban J connectivity index is 0.000000140. The number of fused-ring (bicyclic) bond motifs is 4. The normalized spacial score (nSPS) is 15.8. The van der Waals surface area contributed by atoms with E-state index in [0.29, 0.717) is 148 Å². The number of Topliss-reactive ketones (excluding diaryl/α,β-unsaturated/α-hetero) is 1. The fraction of sp³-hybridized carbons (Fsp3) is 0.347. The van der Waals surface area contributed by atoms with Crippen molar-refractivity contribution in [3.05, 3.63) is 273 Å². The maximum Gasteiger partial charge on any atom is 0.255 e. The van der Waals surface area contributed by atoms with Crippen LogP contribution in [0.1, 0.15) is 197 Å². The summed E-state index contributed by atoms with van der Waals surface area (Å²) in [6.07, 6.45) is 9.39. The summed E-state index contributed by atoms with van der Waals surface area (Å²) in [6, 6.07) is 46.4. The van der Waals surface area contributed by atoms with Crippen LogP contribution in [0.4, 0.5) is 0 Å². The number of hydrogen-bond acceptors (Lipinski definition) is 9. The molecule has 3 aliphatic heterocycles. The Hall–Kier alpha value is -9.76. The van der Waals surface area contributed by atoms with E-state index in [2.05, 4.69) is 83.0 Å². The Kier molecular flexibility index (Phi) is 28.1. The summed E-state index contributed by atoms with van der Waals surface area (Å²) in [5.74, 6) is 2.23. The molecule has 12 aromatic rings. The first-order valence-electron chi connectivity index (χ1n) is 41.0. The van der Waals surface area contributed by atoms with E-state index in [-0.39, 0.29) is 29.6 Å². The number of likely N-dealkylation sites (tertiary alicyclic amines) is 3. The third-order valence-corrected chi connectivity index (χ3v) is 28.3. The van der Waals surface area contributed by atoms with Gasteiger partial charge in [-0.05, 0) is 236 Å². The minimum Gasteiger partial charge on any atom is -0.378 e. The van der Waals surface area contributed by atoms with Crippen LogP contribution in [0.25, 0.3) is 43.6 Å². The molecule has 122 heavy (non-hydrogen) atoms. The number of halogens is 8. The summed E-state index contributed by atoms with van der Waals surface area (Å²) in [7, 11) is 9.53. The molecule has 4 aromatic heterocycles. The van der Waals surface area contributed by atoms with Gasteiger partial charge in [-0.2, -0.15) is 21.0 Å². The molecule has 1 aliphatic carbocycles. The number of carbonyl (C=O) groups is 4. The molecule has 1 saturated carbocycles. The lowest BCUT2D eigenvalue weighted by Crippen LogP contribution is -2.54. The maximum atomic E-state index is 13.1. The van der Waals surface area contributed by atoms with Gasteiger partial charge in [0, 0.05) is 199 Å². The second-order valence-corrected chi connectivity index (χ2v) is 36.5. The topological polar surface area (TPSA) is 202 Å². The predicted molar refractivity (Wildman–Crippen MR) is 493 cm³/mol. The highest BCUT2D eigenvalue weighted by Gasteiger charge is 2.35. The lowest BCUT2D eigenvalue weighted by Gasteiger charge is -2.38. The molecule has 8 aromatic carbocycles. The average molecular weight is 1790 g/mol. The number of aromatic nitrogens is 4. The first kappa shape index (κ1) is 90.0. The second-order valence-electron chi connectivity index (χ2n) is 33.3. The van der Waals surface area contributed by atoms with Crippen LogP contribution in [0.5, 0.6) is 0 Å². The fourth-order valence-electron chi connectivity index (χ4n) is 17.4. The Bertz CT molecular complexity index is 6360. The van der Waals surface area contributed by atoms with Gasteiger partial charge in [0.2, 0.25) is 0 Å². The van der Waals surface area contributed by atoms with Gasteiger partial charge in [-0.25, -0.2) is 0 Å². The highest BCUT2D eigenvalue weighted by atomic mass is 35.5. The van der Waals surface area contributed by atoms with Crippen LogP contribution in [0, 0.1) is 96.7 Å². The number of hydrogen-bond donors (Lipinski definition) is 0. The Morgan fingerprint density at radius 2 is 0.689 bits per heavy atom. The van der Waals surface area contributed by atoms with Gasteiger partial charge in [0.15, 0.2) is 5.78 Å². The van der Waals surface area contributed by atoms with E-state index in [0.717, 1.165) is 169 Å². The standard InChI is InChI=1S/C27H28Cl2N2O.C25H25Cl2N3O.C23H21Cl2N3O2.C23H21Cl2N3O/c1-16-4-6-18(7-5-16)12-26(32)21-8-9-24(28)23(27(21)29)14-20-13-22-17(2)10-19(15-30)11-25(22)31(20)3;1-4-16-7-8-30(14-16)25(31)19-5-6-22(26)21(24(19)27)12-18-11-20-15(2)9-17(13-28)10-23(20)29(18)3;1-13-6-14(10-26)7-21-18(13)8-15(27(21)2)9-19-20(24)5-4-17(22(19)25)23(29)28-11-16(12-28)30-3;1-13-11-28(12-13)23(29)17-4-5-20(24)19(22(17)25)9-16-8-18-14(2)6-15(10-26)7-21(18)27(16)3/h8-11,13,16,18H,4-7,12,14H2,1-3H3;5-6,9-11,16H,4,7-8,12,14H2,1-3H3;4-8,16H,9,11-12H2,1-3H3;4-8,13H,9,11-12H2,1-3H3. The summed E-state index contributed by atoms with van der Waals surface area (Å²) >= 11 is 52.9.